The molecule has 2 aromatic heterocycles. The molecule has 0 radical (unpaired) electrons. The summed E-state index contributed by atoms with van der Waals surface area (Å²) >= 11 is 0. The summed E-state index contributed by atoms with van der Waals surface area (Å²) in [6.45, 7) is 5.51. The average Bonchev–Trinajstić information content (AvgIpc) is 3.38. The molecule has 8 nitrogen and oxygen atoms in total. The molecule has 8 heteroatoms. The number of anilines is 1. The first-order chi connectivity index (χ1) is 14.2. The molecular formula is C21H28N6O2. The molecule has 4 heterocycles. The number of amides is 1. The number of hydrogen-bond donors (Lipinski definition) is 1. The molecule has 0 bridgehead atoms. The monoisotopic (exact) mass is 396 g/mol. The Hall–Kier alpha value is -2.48. The third-order valence-corrected chi connectivity index (χ3v) is 6.86. The molecule has 1 saturated carbocycles. The number of fused-ring (bicyclic) bond motifs is 1. The number of H-pyrrole nitrogens is 1. The minimum atomic E-state index is 0.0932. The largest absolute Gasteiger partial charge is 0.354 e. The van der Waals surface area contributed by atoms with Crippen molar-refractivity contribution in [2.24, 2.45) is 11.3 Å². The van der Waals surface area contributed by atoms with E-state index in [1.807, 2.05) is 12.3 Å². The highest BCUT2D eigenvalue weighted by atomic mass is 16.2. The summed E-state index contributed by atoms with van der Waals surface area (Å²) in [6, 6.07) is 2.03. The molecule has 2 saturated heterocycles. The van der Waals surface area contributed by atoms with Crippen molar-refractivity contribution in [1.82, 2.24) is 24.8 Å². The standard InChI is InChI=1S/C21H28N6O2/c28-12-11-25-7-2-16(3-8-25)20(29)27-10-9-26(13-21(14-27)4-5-21)19-17-1-6-22-18(17)23-15-24-19/h1,6,12,15-16H,2-5,7-11,13-14H2,(H,22,23,24). The van der Waals surface area contributed by atoms with Gasteiger partial charge in [-0.15, -0.1) is 0 Å². The molecular weight excluding hydrogens is 368 g/mol. The molecule has 1 N–H and O–H groups in total. The van der Waals surface area contributed by atoms with Gasteiger partial charge < -0.3 is 19.6 Å². The van der Waals surface area contributed by atoms with E-state index in [0.29, 0.717) is 12.5 Å². The number of carbonyl (C=O) groups is 2. The molecule has 0 atom stereocenters. The Bertz CT molecular complexity index is 899. The van der Waals surface area contributed by atoms with Gasteiger partial charge in [0, 0.05) is 43.7 Å². The van der Waals surface area contributed by atoms with E-state index in [1.54, 1.807) is 6.33 Å². The number of nitrogens with zero attached hydrogens (tertiary/aromatic N) is 5. The summed E-state index contributed by atoms with van der Waals surface area (Å²) in [5, 5.41) is 1.05. The van der Waals surface area contributed by atoms with E-state index in [-0.39, 0.29) is 11.3 Å². The van der Waals surface area contributed by atoms with Crippen LogP contribution in [0.2, 0.25) is 0 Å². The van der Waals surface area contributed by atoms with Gasteiger partial charge in [0.1, 0.15) is 24.1 Å². The predicted octanol–water partition coefficient (Wildman–Crippen LogP) is 1.30. The lowest BCUT2D eigenvalue weighted by atomic mass is 9.94. The lowest BCUT2D eigenvalue weighted by Crippen LogP contribution is -2.45. The lowest BCUT2D eigenvalue weighted by Gasteiger charge is -2.33. The summed E-state index contributed by atoms with van der Waals surface area (Å²) in [7, 11) is 0. The highest BCUT2D eigenvalue weighted by Gasteiger charge is 2.48. The molecule has 1 aliphatic carbocycles. The normalized spacial score (nSPS) is 22.8. The van der Waals surface area contributed by atoms with Gasteiger partial charge in [0.15, 0.2) is 0 Å². The van der Waals surface area contributed by atoms with Crippen LogP contribution in [0.25, 0.3) is 11.0 Å². The zero-order chi connectivity index (χ0) is 19.8. The topological polar surface area (TPSA) is 85.4 Å². The van der Waals surface area contributed by atoms with Crippen LogP contribution in [0, 0.1) is 11.3 Å². The fourth-order valence-corrected chi connectivity index (χ4v) is 4.96. The molecule has 3 fully saturated rings. The Morgan fingerprint density at radius 1 is 1.17 bits per heavy atom. The Labute approximate surface area is 170 Å². The third kappa shape index (κ3) is 3.61. The van der Waals surface area contributed by atoms with E-state index < -0.39 is 0 Å². The molecule has 1 spiro atoms. The van der Waals surface area contributed by atoms with E-state index in [0.717, 1.165) is 75.2 Å². The quantitative estimate of drug-likeness (QED) is 0.784. The summed E-state index contributed by atoms with van der Waals surface area (Å²) in [5.41, 5.74) is 1.07. The van der Waals surface area contributed by atoms with Crippen LogP contribution in [0.15, 0.2) is 18.6 Å². The first kappa shape index (κ1) is 18.5. The van der Waals surface area contributed by atoms with E-state index in [9.17, 15) is 9.59 Å². The van der Waals surface area contributed by atoms with Crippen molar-refractivity contribution in [2.75, 3.05) is 50.7 Å². The number of aromatic nitrogens is 3. The van der Waals surface area contributed by atoms with Crippen molar-refractivity contribution >= 4 is 29.0 Å². The second-order valence-electron chi connectivity index (χ2n) is 8.86. The smallest absolute Gasteiger partial charge is 0.225 e. The number of carbonyl (C=O) groups excluding carboxylic acids is 2. The second-order valence-corrected chi connectivity index (χ2v) is 8.86. The fraction of sp³-hybridized carbons (Fsp3) is 0.619. The summed E-state index contributed by atoms with van der Waals surface area (Å²) in [4.78, 5) is 42.7. The van der Waals surface area contributed by atoms with Crippen LogP contribution < -0.4 is 4.90 Å². The van der Waals surface area contributed by atoms with Crippen LogP contribution in [0.3, 0.4) is 0 Å². The molecule has 2 aliphatic heterocycles. The number of piperidine rings is 1. The van der Waals surface area contributed by atoms with Crippen LogP contribution in [0.1, 0.15) is 25.7 Å². The third-order valence-electron chi connectivity index (χ3n) is 6.86. The second kappa shape index (κ2) is 7.40. The van der Waals surface area contributed by atoms with E-state index in [4.69, 9.17) is 0 Å². The van der Waals surface area contributed by atoms with Gasteiger partial charge in [-0.05, 0) is 44.8 Å². The maximum atomic E-state index is 13.3. The van der Waals surface area contributed by atoms with Gasteiger partial charge in [-0.3, -0.25) is 9.69 Å². The first-order valence-electron chi connectivity index (χ1n) is 10.7. The number of rotatable bonds is 4. The van der Waals surface area contributed by atoms with Crippen molar-refractivity contribution in [3.63, 3.8) is 0 Å². The Morgan fingerprint density at radius 3 is 2.76 bits per heavy atom. The summed E-state index contributed by atoms with van der Waals surface area (Å²) in [6.07, 6.45) is 8.54. The van der Waals surface area contributed by atoms with Crippen LogP contribution in [0.5, 0.6) is 0 Å². The molecule has 154 valence electrons. The molecule has 3 aliphatic rings. The van der Waals surface area contributed by atoms with Crippen molar-refractivity contribution in [3.05, 3.63) is 18.6 Å². The molecule has 0 aromatic carbocycles. The van der Waals surface area contributed by atoms with Gasteiger partial charge in [0.2, 0.25) is 5.91 Å². The molecule has 1 amide bonds. The number of aromatic amines is 1. The average molecular weight is 396 g/mol. The van der Waals surface area contributed by atoms with Gasteiger partial charge in [-0.2, -0.15) is 0 Å². The first-order valence-corrected chi connectivity index (χ1v) is 10.7. The van der Waals surface area contributed by atoms with E-state index in [1.165, 1.54) is 12.8 Å². The predicted molar refractivity (Wildman–Crippen MR) is 110 cm³/mol. The summed E-state index contributed by atoms with van der Waals surface area (Å²) < 4.78 is 0. The number of nitrogens with one attached hydrogen (secondary N) is 1. The minimum absolute atomic E-state index is 0.0932. The molecule has 5 rings (SSSR count). The highest BCUT2D eigenvalue weighted by molar-refractivity contribution is 5.87. The van der Waals surface area contributed by atoms with Gasteiger partial charge in [-0.25, -0.2) is 9.97 Å². The van der Waals surface area contributed by atoms with Crippen LogP contribution in [0.4, 0.5) is 5.82 Å². The zero-order valence-electron chi connectivity index (χ0n) is 16.7. The Balaban J connectivity index is 1.30. The zero-order valence-corrected chi connectivity index (χ0v) is 16.7. The van der Waals surface area contributed by atoms with Crippen molar-refractivity contribution in [2.45, 2.75) is 25.7 Å². The summed E-state index contributed by atoms with van der Waals surface area (Å²) in [5.74, 6) is 1.37. The van der Waals surface area contributed by atoms with Gasteiger partial charge in [-0.1, -0.05) is 0 Å². The lowest BCUT2D eigenvalue weighted by molar-refractivity contribution is -0.137. The van der Waals surface area contributed by atoms with Crippen molar-refractivity contribution in [3.8, 4) is 0 Å². The molecule has 0 unspecified atom stereocenters. The highest BCUT2D eigenvalue weighted by Crippen LogP contribution is 2.48. The van der Waals surface area contributed by atoms with Gasteiger partial charge in [0.25, 0.3) is 0 Å². The fourth-order valence-electron chi connectivity index (χ4n) is 4.96. The van der Waals surface area contributed by atoms with E-state index in [2.05, 4.69) is 29.7 Å². The number of hydrogen-bond acceptors (Lipinski definition) is 6. The SMILES string of the molecule is O=CCN1CCC(C(=O)N2CCN(c3ncnc4[nH]ccc34)CC3(CC3)C2)CC1. The maximum absolute atomic E-state index is 13.3. The van der Waals surface area contributed by atoms with Crippen molar-refractivity contribution < 1.29 is 9.59 Å². The maximum Gasteiger partial charge on any atom is 0.225 e. The van der Waals surface area contributed by atoms with E-state index >= 15 is 0 Å². The molecule has 2 aromatic rings. The minimum Gasteiger partial charge on any atom is -0.354 e. The van der Waals surface area contributed by atoms with Crippen molar-refractivity contribution in [1.29, 1.82) is 0 Å². The van der Waals surface area contributed by atoms with Crippen LogP contribution >= 0.6 is 0 Å². The number of likely N-dealkylation sites (tertiary alicyclic amines) is 1. The molecule has 29 heavy (non-hydrogen) atoms. The Morgan fingerprint density at radius 2 is 2.00 bits per heavy atom. The van der Waals surface area contributed by atoms with Gasteiger partial charge in [0.05, 0.1) is 11.9 Å². The van der Waals surface area contributed by atoms with Gasteiger partial charge >= 0.3 is 0 Å². The number of aldehydes is 1. The van der Waals surface area contributed by atoms with Crippen LogP contribution in [-0.2, 0) is 9.59 Å². The van der Waals surface area contributed by atoms with Crippen LogP contribution in [-0.4, -0.2) is 82.8 Å². The Kier molecular flexibility index (Phi) is 4.73.